The lowest BCUT2D eigenvalue weighted by atomic mass is 10.00. The van der Waals surface area contributed by atoms with E-state index < -0.39 is 0 Å². The van der Waals surface area contributed by atoms with E-state index in [1.807, 2.05) is 0 Å². The van der Waals surface area contributed by atoms with Crippen LogP contribution in [0.1, 0.15) is 53.9 Å². The highest BCUT2D eigenvalue weighted by atomic mass is 16.3. The molecule has 0 aliphatic heterocycles. The Balaban J connectivity index is 3.96. The molecule has 4 N–H and O–H groups in total. The van der Waals surface area contributed by atoms with E-state index in [0.29, 0.717) is 13.1 Å². The summed E-state index contributed by atoms with van der Waals surface area (Å²) in [5, 5.41) is 25.0. The second-order valence-electron chi connectivity index (χ2n) is 6.60. The number of rotatable bonds is 11. The summed E-state index contributed by atoms with van der Waals surface area (Å²) in [6.45, 7) is 12.1. The molecule has 0 aromatic heterocycles. The van der Waals surface area contributed by atoms with Gasteiger partial charge in [0.1, 0.15) is 0 Å². The Kier molecular flexibility index (Phi) is 10.7. The summed E-state index contributed by atoms with van der Waals surface area (Å²) in [5.41, 5.74) is 4.56. The molecule has 0 unspecified atom stereocenters. The van der Waals surface area contributed by atoms with Gasteiger partial charge >= 0.3 is 0 Å². The lowest BCUT2D eigenvalue weighted by molar-refractivity contribution is 0.176. The zero-order chi connectivity index (χ0) is 16.3. The quantitative estimate of drug-likeness (QED) is 0.348. The van der Waals surface area contributed by atoms with E-state index in [9.17, 15) is 5.11 Å². The molecular weight excluding hydrogens is 264 g/mol. The third kappa shape index (κ3) is 14.1. The summed E-state index contributed by atoms with van der Waals surface area (Å²) in [7, 11) is 0. The SMILES string of the molecule is CC(=C=CCC(C)(C)NC[C@@H](C)O)CCCNC[C@@H](C)O. The Morgan fingerprint density at radius 3 is 2.38 bits per heavy atom. The van der Waals surface area contributed by atoms with E-state index in [2.05, 4.69) is 43.2 Å². The van der Waals surface area contributed by atoms with Crippen molar-refractivity contribution in [2.75, 3.05) is 19.6 Å². The van der Waals surface area contributed by atoms with Crippen molar-refractivity contribution in [3.8, 4) is 0 Å². The van der Waals surface area contributed by atoms with Crippen molar-refractivity contribution < 1.29 is 10.2 Å². The number of nitrogens with one attached hydrogen (secondary N) is 2. The van der Waals surface area contributed by atoms with E-state index in [4.69, 9.17) is 5.11 Å². The van der Waals surface area contributed by atoms with Crippen molar-refractivity contribution in [1.82, 2.24) is 10.6 Å². The van der Waals surface area contributed by atoms with E-state index in [1.165, 1.54) is 5.57 Å². The van der Waals surface area contributed by atoms with Crippen LogP contribution >= 0.6 is 0 Å². The molecule has 0 spiro atoms. The van der Waals surface area contributed by atoms with Crippen LogP contribution in [0.2, 0.25) is 0 Å². The normalized spacial score (nSPS) is 14.4. The smallest absolute Gasteiger partial charge is 0.0636 e. The van der Waals surface area contributed by atoms with Gasteiger partial charge in [0.05, 0.1) is 12.2 Å². The number of hydrogen-bond acceptors (Lipinski definition) is 4. The van der Waals surface area contributed by atoms with E-state index in [-0.39, 0.29) is 17.7 Å². The van der Waals surface area contributed by atoms with Gasteiger partial charge in [-0.15, -0.1) is 5.73 Å². The molecule has 0 rings (SSSR count). The Hall–Kier alpha value is -0.640. The van der Waals surface area contributed by atoms with Crippen LogP contribution in [-0.2, 0) is 0 Å². The standard InChI is InChI=1S/C17H34N2O2/c1-14(9-7-11-18-12-15(2)20)8-6-10-17(4,5)19-13-16(3)21/h6,15-16,18-21H,7,9-13H2,1-5H3/t8?,15-,16-/m1/s1. The van der Waals surface area contributed by atoms with E-state index >= 15 is 0 Å². The van der Waals surface area contributed by atoms with Crippen molar-refractivity contribution >= 4 is 0 Å². The van der Waals surface area contributed by atoms with Crippen molar-refractivity contribution in [3.63, 3.8) is 0 Å². The predicted octanol–water partition coefficient (Wildman–Crippen LogP) is 1.98. The number of aliphatic hydroxyl groups is 2. The van der Waals surface area contributed by atoms with Gasteiger partial charge in [-0.3, -0.25) is 0 Å². The molecule has 124 valence electrons. The lowest BCUT2D eigenvalue weighted by Gasteiger charge is -2.25. The largest absolute Gasteiger partial charge is 0.392 e. The molecule has 0 fully saturated rings. The van der Waals surface area contributed by atoms with E-state index in [0.717, 1.165) is 25.8 Å². The van der Waals surface area contributed by atoms with Crippen LogP contribution in [0.15, 0.2) is 17.4 Å². The summed E-state index contributed by atoms with van der Waals surface area (Å²) in [4.78, 5) is 0. The van der Waals surface area contributed by atoms with Crippen LogP contribution in [-0.4, -0.2) is 47.6 Å². The first-order valence-electron chi connectivity index (χ1n) is 7.95. The minimum atomic E-state index is -0.320. The summed E-state index contributed by atoms with van der Waals surface area (Å²) in [5.74, 6) is 0. The fraction of sp³-hybridized carbons (Fsp3) is 0.824. The van der Waals surface area contributed by atoms with Gasteiger partial charge in [-0.2, -0.15) is 0 Å². The molecule has 0 saturated heterocycles. The molecule has 0 amide bonds. The number of hydrogen-bond donors (Lipinski definition) is 4. The monoisotopic (exact) mass is 298 g/mol. The molecule has 0 aliphatic carbocycles. The first-order valence-corrected chi connectivity index (χ1v) is 7.95. The third-order valence-corrected chi connectivity index (χ3v) is 3.18. The Morgan fingerprint density at radius 1 is 1.19 bits per heavy atom. The highest BCUT2D eigenvalue weighted by Gasteiger charge is 2.15. The minimum absolute atomic E-state index is 0.0247. The molecular formula is C17H34N2O2. The molecule has 21 heavy (non-hydrogen) atoms. The first kappa shape index (κ1) is 20.4. The molecule has 0 bridgehead atoms. The summed E-state index contributed by atoms with van der Waals surface area (Å²) in [6.07, 6.45) is 4.44. The maximum absolute atomic E-state index is 9.29. The molecule has 0 saturated carbocycles. The first-order chi connectivity index (χ1) is 9.73. The molecule has 0 heterocycles. The summed E-state index contributed by atoms with van der Waals surface area (Å²) in [6, 6.07) is 0. The predicted molar refractivity (Wildman–Crippen MR) is 89.4 cm³/mol. The number of aliphatic hydroxyl groups excluding tert-OH is 2. The van der Waals surface area contributed by atoms with Gasteiger partial charge in [-0.1, -0.05) is 0 Å². The van der Waals surface area contributed by atoms with Crippen molar-refractivity contribution in [2.24, 2.45) is 0 Å². The van der Waals surface area contributed by atoms with Crippen LogP contribution in [0, 0.1) is 0 Å². The molecule has 0 aromatic carbocycles. The fourth-order valence-electron chi connectivity index (χ4n) is 1.84. The lowest BCUT2D eigenvalue weighted by Crippen LogP contribution is -2.42. The third-order valence-electron chi connectivity index (χ3n) is 3.18. The van der Waals surface area contributed by atoms with Crippen molar-refractivity contribution in [2.45, 2.75) is 71.6 Å². The van der Waals surface area contributed by atoms with Gasteiger partial charge in [-0.05, 0) is 72.1 Å². The zero-order valence-corrected chi connectivity index (χ0v) is 14.4. The summed E-state index contributed by atoms with van der Waals surface area (Å²) >= 11 is 0. The van der Waals surface area contributed by atoms with Crippen LogP contribution in [0.5, 0.6) is 0 Å². The average Bonchev–Trinajstić information content (AvgIpc) is 2.35. The van der Waals surface area contributed by atoms with Gasteiger partial charge in [0, 0.05) is 18.6 Å². The van der Waals surface area contributed by atoms with Gasteiger partial charge in [0.15, 0.2) is 0 Å². The Labute approximate surface area is 130 Å². The minimum Gasteiger partial charge on any atom is -0.392 e. The van der Waals surface area contributed by atoms with E-state index in [1.54, 1.807) is 13.8 Å². The highest BCUT2D eigenvalue weighted by Crippen LogP contribution is 2.09. The Morgan fingerprint density at radius 2 is 1.81 bits per heavy atom. The molecule has 2 atom stereocenters. The van der Waals surface area contributed by atoms with Crippen LogP contribution in [0.4, 0.5) is 0 Å². The molecule has 4 heteroatoms. The second-order valence-corrected chi connectivity index (χ2v) is 6.60. The number of β-amino-alcohol motifs (C(OH)–C–C–N with tert-alkyl or cyclic N) is 1. The second kappa shape index (κ2) is 11.0. The molecule has 4 nitrogen and oxygen atoms in total. The van der Waals surface area contributed by atoms with Crippen LogP contribution in [0.25, 0.3) is 0 Å². The molecule has 0 aliphatic rings. The average molecular weight is 298 g/mol. The van der Waals surface area contributed by atoms with Gasteiger partial charge in [0.25, 0.3) is 0 Å². The maximum Gasteiger partial charge on any atom is 0.0636 e. The van der Waals surface area contributed by atoms with Gasteiger partial charge in [0.2, 0.25) is 0 Å². The van der Waals surface area contributed by atoms with Gasteiger partial charge < -0.3 is 20.8 Å². The van der Waals surface area contributed by atoms with Crippen LogP contribution < -0.4 is 10.6 Å². The van der Waals surface area contributed by atoms with Crippen molar-refractivity contribution in [1.29, 1.82) is 0 Å². The fourth-order valence-corrected chi connectivity index (χ4v) is 1.84. The molecule has 0 aromatic rings. The summed E-state index contributed by atoms with van der Waals surface area (Å²) < 4.78 is 0. The topological polar surface area (TPSA) is 64.5 Å². The van der Waals surface area contributed by atoms with Crippen LogP contribution in [0.3, 0.4) is 0 Å². The van der Waals surface area contributed by atoms with Gasteiger partial charge in [-0.25, -0.2) is 0 Å². The Bertz CT molecular complexity index is 330. The zero-order valence-electron chi connectivity index (χ0n) is 14.4. The molecule has 0 radical (unpaired) electrons. The maximum atomic E-state index is 9.29. The van der Waals surface area contributed by atoms with Crippen molar-refractivity contribution in [3.05, 3.63) is 17.4 Å². The highest BCUT2D eigenvalue weighted by molar-refractivity contribution is 5.00.